The van der Waals surface area contributed by atoms with Crippen molar-refractivity contribution in [1.82, 2.24) is 20.1 Å². The predicted molar refractivity (Wildman–Crippen MR) is 117 cm³/mol. The lowest BCUT2D eigenvalue weighted by molar-refractivity contribution is 0.0953. The normalized spacial score (nSPS) is 10.9. The van der Waals surface area contributed by atoms with Crippen molar-refractivity contribution >= 4 is 17.2 Å². The Labute approximate surface area is 178 Å². The van der Waals surface area contributed by atoms with Crippen molar-refractivity contribution in [2.75, 3.05) is 6.54 Å². The Morgan fingerprint density at radius 2 is 1.90 bits per heavy atom. The zero-order valence-electron chi connectivity index (χ0n) is 16.7. The minimum Gasteiger partial charge on any atom is -0.352 e. The number of aromatic nitrogens is 3. The van der Waals surface area contributed by atoms with Crippen LogP contribution in [-0.2, 0) is 6.42 Å². The van der Waals surface area contributed by atoms with E-state index in [2.05, 4.69) is 46.6 Å². The number of para-hydroxylation sites is 1. The summed E-state index contributed by atoms with van der Waals surface area (Å²) < 4.78 is 15.5. The molecule has 1 N–H and O–H groups in total. The zero-order chi connectivity index (χ0) is 21.1. The lowest BCUT2D eigenvalue weighted by atomic mass is 10.2. The van der Waals surface area contributed by atoms with E-state index < -0.39 is 0 Å². The molecule has 0 bridgehead atoms. The number of aryl methyl sites for hydroxylation is 1. The molecule has 0 saturated carbocycles. The number of nitrogens with zero attached hydrogens (tertiary/aromatic N) is 3. The van der Waals surface area contributed by atoms with Crippen LogP contribution in [0.25, 0.3) is 16.3 Å². The fourth-order valence-electron chi connectivity index (χ4n) is 3.15. The van der Waals surface area contributed by atoms with Crippen LogP contribution < -0.4 is 5.32 Å². The quantitative estimate of drug-likeness (QED) is 0.491. The van der Waals surface area contributed by atoms with Gasteiger partial charge < -0.3 is 5.32 Å². The summed E-state index contributed by atoms with van der Waals surface area (Å²) in [4.78, 5) is 17.2. The fourth-order valence-corrected chi connectivity index (χ4v) is 4.01. The summed E-state index contributed by atoms with van der Waals surface area (Å²) >= 11 is 1.60. The molecule has 0 aliphatic heterocycles. The smallest absolute Gasteiger partial charge is 0.254 e. The number of carbonyl (C=O) groups excluding carboxylic acids is 1. The number of halogens is 1. The number of nitrogens with one attached hydrogen (secondary N) is 1. The summed E-state index contributed by atoms with van der Waals surface area (Å²) in [7, 11) is 0. The second-order valence-electron chi connectivity index (χ2n) is 7.02. The third-order valence-corrected chi connectivity index (χ3v) is 5.79. The van der Waals surface area contributed by atoms with Gasteiger partial charge in [0.15, 0.2) is 0 Å². The molecule has 0 unspecified atom stereocenters. The summed E-state index contributed by atoms with van der Waals surface area (Å²) in [5, 5.41) is 10.1. The molecule has 0 saturated heterocycles. The van der Waals surface area contributed by atoms with E-state index in [1.54, 1.807) is 36.5 Å². The van der Waals surface area contributed by atoms with Crippen LogP contribution in [0.3, 0.4) is 0 Å². The van der Waals surface area contributed by atoms with Crippen molar-refractivity contribution in [3.63, 3.8) is 0 Å². The Hall–Kier alpha value is -3.32. The molecule has 0 radical (unpaired) electrons. The molecule has 0 aliphatic rings. The van der Waals surface area contributed by atoms with Gasteiger partial charge in [0.2, 0.25) is 0 Å². The van der Waals surface area contributed by atoms with E-state index in [-0.39, 0.29) is 11.7 Å². The van der Waals surface area contributed by atoms with Gasteiger partial charge in [0, 0.05) is 23.9 Å². The Bertz CT molecular complexity index is 1180. The average Bonchev–Trinajstić information content (AvgIpc) is 3.36. The van der Waals surface area contributed by atoms with Crippen LogP contribution in [0.5, 0.6) is 0 Å². The summed E-state index contributed by atoms with van der Waals surface area (Å²) in [5.41, 5.74) is 4.59. The molecule has 0 spiro atoms. The van der Waals surface area contributed by atoms with E-state index in [4.69, 9.17) is 0 Å². The molecule has 2 aromatic carbocycles. The lowest BCUT2D eigenvalue weighted by Gasteiger charge is -2.07. The molecule has 0 atom stereocenters. The third kappa shape index (κ3) is 4.16. The van der Waals surface area contributed by atoms with Crippen molar-refractivity contribution in [2.45, 2.75) is 20.3 Å². The summed E-state index contributed by atoms with van der Waals surface area (Å²) in [5.74, 6) is -0.618. The average molecular weight is 421 g/mol. The van der Waals surface area contributed by atoms with E-state index in [1.807, 2.05) is 5.38 Å². The highest BCUT2D eigenvalue weighted by molar-refractivity contribution is 7.13. The van der Waals surface area contributed by atoms with Gasteiger partial charge in [-0.1, -0.05) is 42.0 Å². The maximum absolute atomic E-state index is 14.0. The van der Waals surface area contributed by atoms with Crippen LogP contribution in [0.2, 0.25) is 0 Å². The summed E-state index contributed by atoms with van der Waals surface area (Å²) in [6.45, 7) is 4.27. The number of rotatable bonds is 6. The molecular weight excluding hydrogens is 399 g/mol. The lowest BCUT2D eigenvalue weighted by Crippen LogP contribution is -2.26. The highest BCUT2D eigenvalue weighted by Crippen LogP contribution is 2.24. The van der Waals surface area contributed by atoms with Gasteiger partial charge in [-0.2, -0.15) is 5.10 Å². The minimum atomic E-state index is -0.386. The Balaban J connectivity index is 1.38. The molecule has 1 amide bonds. The molecule has 30 heavy (non-hydrogen) atoms. The second-order valence-corrected chi connectivity index (χ2v) is 7.88. The van der Waals surface area contributed by atoms with Crippen molar-refractivity contribution in [3.05, 3.63) is 88.4 Å². The van der Waals surface area contributed by atoms with E-state index in [9.17, 15) is 9.18 Å². The first-order valence-electron chi connectivity index (χ1n) is 9.62. The molecule has 4 aromatic rings. The van der Waals surface area contributed by atoms with E-state index in [1.165, 1.54) is 22.5 Å². The van der Waals surface area contributed by atoms with Crippen LogP contribution in [0, 0.1) is 19.7 Å². The van der Waals surface area contributed by atoms with E-state index in [0.717, 1.165) is 16.3 Å². The maximum Gasteiger partial charge on any atom is 0.254 e. The molecule has 4 rings (SSSR count). The van der Waals surface area contributed by atoms with Gasteiger partial charge >= 0.3 is 0 Å². The SMILES string of the molecule is Cc1ccc(-c2nc(CCNC(=O)c3cnn(-c4ccccc4F)c3C)cs2)cc1. The Morgan fingerprint density at radius 1 is 1.13 bits per heavy atom. The van der Waals surface area contributed by atoms with Crippen molar-refractivity contribution in [3.8, 4) is 16.3 Å². The molecule has 152 valence electrons. The molecule has 2 aromatic heterocycles. The van der Waals surface area contributed by atoms with Gasteiger partial charge in [-0.05, 0) is 26.0 Å². The van der Waals surface area contributed by atoms with Gasteiger partial charge in [0.05, 0.1) is 23.1 Å². The number of benzene rings is 2. The van der Waals surface area contributed by atoms with Gasteiger partial charge in [0.1, 0.15) is 16.5 Å². The maximum atomic E-state index is 14.0. The largest absolute Gasteiger partial charge is 0.352 e. The fraction of sp³-hybridized carbons (Fsp3) is 0.174. The molecule has 0 aliphatic carbocycles. The van der Waals surface area contributed by atoms with Crippen molar-refractivity contribution in [2.24, 2.45) is 0 Å². The Morgan fingerprint density at radius 3 is 2.67 bits per heavy atom. The van der Waals surface area contributed by atoms with Gasteiger partial charge in [-0.3, -0.25) is 4.79 Å². The van der Waals surface area contributed by atoms with Crippen LogP contribution in [0.1, 0.15) is 27.3 Å². The highest BCUT2D eigenvalue weighted by Gasteiger charge is 2.16. The number of hydrogen-bond donors (Lipinski definition) is 1. The highest BCUT2D eigenvalue weighted by atomic mass is 32.1. The number of carbonyl (C=O) groups is 1. The molecule has 2 heterocycles. The predicted octanol–water partition coefficient (Wildman–Crippen LogP) is 4.72. The minimum absolute atomic E-state index is 0.232. The first-order chi connectivity index (χ1) is 14.5. The molecule has 0 fully saturated rings. The van der Waals surface area contributed by atoms with E-state index in [0.29, 0.717) is 29.9 Å². The Kier molecular flexibility index (Phi) is 5.72. The molecular formula is C23H21FN4OS. The van der Waals surface area contributed by atoms with E-state index >= 15 is 0 Å². The van der Waals surface area contributed by atoms with Crippen LogP contribution >= 0.6 is 11.3 Å². The van der Waals surface area contributed by atoms with Gasteiger partial charge in [0.25, 0.3) is 5.91 Å². The second kappa shape index (κ2) is 8.59. The molecule has 5 nitrogen and oxygen atoms in total. The van der Waals surface area contributed by atoms with Crippen molar-refractivity contribution < 1.29 is 9.18 Å². The van der Waals surface area contributed by atoms with Gasteiger partial charge in [-0.25, -0.2) is 14.1 Å². The number of amides is 1. The topological polar surface area (TPSA) is 59.8 Å². The standard InChI is InChI=1S/C23H21FN4OS/c1-15-7-9-17(10-8-15)23-27-18(14-30-23)11-12-25-22(29)19-13-26-28(16(19)2)21-6-4-3-5-20(21)24/h3-10,13-14H,11-12H2,1-2H3,(H,25,29). The number of thiazole rings is 1. The summed E-state index contributed by atoms with van der Waals surface area (Å²) in [6, 6.07) is 14.6. The summed E-state index contributed by atoms with van der Waals surface area (Å²) in [6.07, 6.45) is 2.10. The van der Waals surface area contributed by atoms with Crippen LogP contribution in [0.4, 0.5) is 4.39 Å². The van der Waals surface area contributed by atoms with Crippen LogP contribution in [0.15, 0.2) is 60.1 Å². The first-order valence-corrected chi connectivity index (χ1v) is 10.5. The zero-order valence-corrected chi connectivity index (χ0v) is 17.5. The number of hydrogen-bond acceptors (Lipinski definition) is 4. The monoisotopic (exact) mass is 420 g/mol. The molecule has 7 heteroatoms. The first kappa shape index (κ1) is 20.0. The van der Waals surface area contributed by atoms with Crippen molar-refractivity contribution in [1.29, 1.82) is 0 Å². The third-order valence-electron chi connectivity index (χ3n) is 4.85. The van der Waals surface area contributed by atoms with Crippen LogP contribution in [-0.4, -0.2) is 27.2 Å². The van der Waals surface area contributed by atoms with Gasteiger partial charge in [-0.15, -0.1) is 11.3 Å².